The number of hydrogen-bond acceptors (Lipinski definition) is 4. The second-order valence-corrected chi connectivity index (χ2v) is 8.78. The number of rotatable bonds is 11. The predicted molar refractivity (Wildman–Crippen MR) is 128 cm³/mol. The Bertz CT molecular complexity index is 462. The maximum Gasteiger partial charge on any atom is 0.191 e. The van der Waals surface area contributed by atoms with Crippen LogP contribution in [0.4, 0.5) is 0 Å². The molecular formula is C21H42IN5O. The summed E-state index contributed by atoms with van der Waals surface area (Å²) in [6.45, 7) is 15.7. The first-order chi connectivity index (χ1) is 13.2. The molecule has 1 saturated heterocycles. The SMILES string of the molecule is CCNC(=NCC(C(C)C)N1CCOCC1)NCCN(CC1CC1)C1CC1.I. The lowest BCUT2D eigenvalue weighted by Gasteiger charge is -2.36. The van der Waals surface area contributed by atoms with E-state index < -0.39 is 0 Å². The van der Waals surface area contributed by atoms with Crippen LogP contribution in [0.25, 0.3) is 0 Å². The molecule has 6 nitrogen and oxygen atoms in total. The van der Waals surface area contributed by atoms with E-state index in [1.165, 1.54) is 32.2 Å². The maximum absolute atomic E-state index is 5.52. The molecule has 7 heteroatoms. The molecule has 1 heterocycles. The van der Waals surface area contributed by atoms with E-state index >= 15 is 0 Å². The molecule has 3 fully saturated rings. The molecule has 2 N–H and O–H groups in total. The minimum Gasteiger partial charge on any atom is -0.379 e. The van der Waals surface area contributed by atoms with Crippen molar-refractivity contribution in [2.24, 2.45) is 16.8 Å². The Morgan fingerprint density at radius 3 is 2.43 bits per heavy atom. The van der Waals surface area contributed by atoms with Crippen LogP contribution in [0.3, 0.4) is 0 Å². The molecule has 0 spiro atoms. The summed E-state index contributed by atoms with van der Waals surface area (Å²) in [7, 11) is 0. The van der Waals surface area contributed by atoms with Gasteiger partial charge in [0.2, 0.25) is 0 Å². The van der Waals surface area contributed by atoms with Crippen molar-refractivity contribution in [2.75, 3.05) is 59.0 Å². The van der Waals surface area contributed by atoms with Crippen molar-refractivity contribution in [3.63, 3.8) is 0 Å². The fraction of sp³-hybridized carbons (Fsp3) is 0.952. The van der Waals surface area contributed by atoms with E-state index in [4.69, 9.17) is 9.73 Å². The third-order valence-electron chi connectivity index (χ3n) is 6.01. The third kappa shape index (κ3) is 8.32. The number of aliphatic imine (C=N–C) groups is 1. The lowest BCUT2D eigenvalue weighted by Crippen LogP contribution is -2.48. The van der Waals surface area contributed by atoms with Crippen LogP contribution in [0.1, 0.15) is 46.5 Å². The molecule has 28 heavy (non-hydrogen) atoms. The molecule has 3 rings (SSSR count). The lowest BCUT2D eigenvalue weighted by molar-refractivity contribution is 0.00867. The van der Waals surface area contributed by atoms with Gasteiger partial charge in [0.25, 0.3) is 0 Å². The van der Waals surface area contributed by atoms with Gasteiger partial charge in [-0.2, -0.15) is 0 Å². The first-order valence-corrected chi connectivity index (χ1v) is 11.3. The third-order valence-corrected chi connectivity index (χ3v) is 6.01. The Morgan fingerprint density at radius 1 is 1.14 bits per heavy atom. The molecule has 2 aliphatic carbocycles. The van der Waals surface area contributed by atoms with Gasteiger partial charge in [-0.25, -0.2) is 0 Å². The summed E-state index contributed by atoms with van der Waals surface area (Å²) < 4.78 is 5.52. The van der Waals surface area contributed by atoms with Gasteiger partial charge in [0, 0.05) is 51.4 Å². The highest BCUT2D eigenvalue weighted by molar-refractivity contribution is 14.0. The van der Waals surface area contributed by atoms with Gasteiger partial charge >= 0.3 is 0 Å². The number of morpholine rings is 1. The topological polar surface area (TPSA) is 52.1 Å². The molecule has 0 aromatic carbocycles. The highest BCUT2D eigenvalue weighted by Gasteiger charge is 2.33. The largest absolute Gasteiger partial charge is 0.379 e. The zero-order valence-corrected chi connectivity index (χ0v) is 20.5. The van der Waals surface area contributed by atoms with Crippen LogP contribution < -0.4 is 10.6 Å². The van der Waals surface area contributed by atoms with Crippen LogP contribution in [0.2, 0.25) is 0 Å². The summed E-state index contributed by atoms with van der Waals surface area (Å²) in [5.74, 6) is 2.55. The highest BCUT2D eigenvalue weighted by Crippen LogP contribution is 2.34. The summed E-state index contributed by atoms with van der Waals surface area (Å²) in [5.41, 5.74) is 0. The van der Waals surface area contributed by atoms with E-state index in [9.17, 15) is 0 Å². The molecule has 0 aromatic heterocycles. The first kappa shape index (κ1) is 24.2. The molecule has 0 amide bonds. The van der Waals surface area contributed by atoms with Gasteiger partial charge in [0.15, 0.2) is 5.96 Å². The van der Waals surface area contributed by atoms with Gasteiger partial charge < -0.3 is 15.4 Å². The smallest absolute Gasteiger partial charge is 0.191 e. The summed E-state index contributed by atoms with van der Waals surface area (Å²) in [4.78, 5) is 10.2. The minimum atomic E-state index is 0. The van der Waals surface area contributed by atoms with Gasteiger partial charge in [-0.15, -0.1) is 24.0 Å². The highest BCUT2D eigenvalue weighted by atomic mass is 127. The molecule has 2 saturated carbocycles. The number of halogens is 1. The van der Waals surface area contributed by atoms with E-state index in [2.05, 4.69) is 41.2 Å². The quantitative estimate of drug-likeness (QED) is 0.256. The zero-order chi connectivity index (χ0) is 19.1. The standard InChI is InChI=1S/C21H41N5O.HI/c1-4-22-21(23-9-10-26(19-7-8-19)16-18-5-6-18)24-15-20(17(2)3)25-11-13-27-14-12-25;/h17-20H,4-16H2,1-3H3,(H2,22,23,24);1H. The number of nitrogens with zero attached hydrogens (tertiary/aromatic N) is 3. The van der Waals surface area contributed by atoms with Gasteiger partial charge in [0.05, 0.1) is 19.8 Å². The Balaban J connectivity index is 0.00000280. The minimum absolute atomic E-state index is 0. The van der Waals surface area contributed by atoms with Gasteiger partial charge in [-0.05, 0) is 44.4 Å². The van der Waals surface area contributed by atoms with E-state index in [1.807, 2.05) is 0 Å². The molecule has 0 radical (unpaired) electrons. The van der Waals surface area contributed by atoms with Crippen molar-refractivity contribution in [2.45, 2.75) is 58.5 Å². The molecular weight excluding hydrogens is 465 g/mol. The first-order valence-electron chi connectivity index (χ1n) is 11.3. The number of hydrogen-bond donors (Lipinski definition) is 2. The van der Waals surface area contributed by atoms with Gasteiger partial charge in [-0.1, -0.05) is 13.8 Å². The second kappa shape index (κ2) is 12.5. The average molecular weight is 508 g/mol. The van der Waals surface area contributed by atoms with Crippen LogP contribution in [0.5, 0.6) is 0 Å². The fourth-order valence-corrected chi connectivity index (χ4v) is 4.00. The van der Waals surface area contributed by atoms with Gasteiger partial charge in [-0.3, -0.25) is 14.8 Å². The van der Waals surface area contributed by atoms with Crippen molar-refractivity contribution in [1.82, 2.24) is 20.4 Å². The van der Waals surface area contributed by atoms with Gasteiger partial charge in [0.1, 0.15) is 0 Å². The van der Waals surface area contributed by atoms with Crippen LogP contribution in [0, 0.1) is 11.8 Å². The predicted octanol–water partition coefficient (Wildman–Crippen LogP) is 2.39. The van der Waals surface area contributed by atoms with E-state index in [0.717, 1.165) is 70.4 Å². The summed E-state index contributed by atoms with van der Waals surface area (Å²) >= 11 is 0. The number of ether oxygens (including phenoxy) is 1. The normalized spacial score (nSPS) is 22.2. The van der Waals surface area contributed by atoms with Crippen LogP contribution in [0.15, 0.2) is 4.99 Å². The second-order valence-electron chi connectivity index (χ2n) is 8.78. The summed E-state index contributed by atoms with van der Waals surface area (Å²) in [6.07, 6.45) is 5.69. The molecule has 1 unspecified atom stereocenters. The van der Waals surface area contributed by atoms with Crippen molar-refractivity contribution in [3.8, 4) is 0 Å². The van der Waals surface area contributed by atoms with Crippen molar-refractivity contribution >= 4 is 29.9 Å². The van der Waals surface area contributed by atoms with Crippen LogP contribution in [-0.4, -0.2) is 86.9 Å². The van der Waals surface area contributed by atoms with Crippen LogP contribution >= 0.6 is 24.0 Å². The molecule has 3 aliphatic rings. The van der Waals surface area contributed by atoms with E-state index in [1.54, 1.807) is 0 Å². The Labute approximate surface area is 189 Å². The van der Waals surface area contributed by atoms with Crippen molar-refractivity contribution in [1.29, 1.82) is 0 Å². The van der Waals surface area contributed by atoms with Crippen LogP contribution in [-0.2, 0) is 4.74 Å². The molecule has 164 valence electrons. The van der Waals surface area contributed by atoms with E-state index in [-0.39, 0.29) is 24.0 Å². The molecule has 0 aromatic rings. The zero-order valence-electron chi connectivity index (χ0n) is 18.2. The lowest BCUT2D eigenvalue weighted by atomic mass is 10.0. The Morgan fingerprint density at radius 2 is 1.86 bits per heavy atom. The fourth-order valence-electron chi connectivity index (χ4n) is 4.00. The molecule has 0 bridgehead atoms. The molecule has 1 atom stereocenters. The summed E-state index contributed by atoms with van der Waals surface area (Å²) in [5, 5.41) is 7.01. The summed E-state index contributed by atoms with van der Waals surface area (Å²) in [6, 6.07) is 1.35. The van der Waals surface area contributed by atoms with Crippen molar-refractivity contribution < 1.29 is 4.74 Å². The Hall–Kier alpha value is -0.120. The Kier molecular flexibility index (Phi) is 10.8. The number of guanidine groups is 1. The van der Waals surface area contributed by atoms with E-state index in [0.29, 0.717) is 12.0 Å². The average Bonchev–Trinajstić information content (AvgIpc) is 3.55. The molecule has 1 aliphatic heterocycles. The number of nitrogens with one attached hydrogen (secondary N) is 2. The monoisotopic (exact) mass is 507 g/mol. The maximum atomic E-state index is 5.52. The van der Waals surface area contributed by atoms with Crippen molar-refractivity contribution in [3.05, 3.63) is 0 Å².